The van der Waals surface area contributed by atoms with Crippen LogP contribution in [0.3, 0.4) is 0 Å². The van der Waals surface area contributed by atoms with Crippen LogP contribution in [-0.2, 0) is 17.6 Å². The number of nitrogens with zero attached hydrogens (tertiary/aromatic N) is 4. The lowest BCUT2D eigenvalue weighted by atomic mass is 9.88. The van der Waals surface area contributed by atoms with Crippen molar-refractivity contribution in [3.05, 3.63) is 35.2 Å². The zero-order valence-electron chi connectivity index (χ0n) is 13.6. The lowest BCUT2D eigenvalue weighted by Gasteiger charge is -2.18. The van der Waals surface area contributed by atoms with E-state index in [4.69, 9.17) is 0 Å². The van der Waals surface area contributed by atoms with E-state index in [1.807, 2.05) is 6.07 Å². The summed E-state index contributed by atoms with van der Waals surface area (Å²) in [4.78, 5) is 26.5. The zero-order valence-corrected chi connectivity index (χ0v) is 14.4. The predicted octanol–water partition coefficient (Wildman–Crippen LogP) is 2.90. The molecule has 4 heterocycles. The van der Waals surface area contributed by atoms with Crippen LogP contribution in [0.15, 0.2) is 24.8 Å². The number of carbonyl (C=O) groups is 1. The molecule has 1 unspecified atom stereocenters. The third-order valence-electron chi connectivity index (χ3n) is 4.75. The standard InChI is InChI=1S/C17H14N6O2S/c24-17(25)8-1-2-11-12(4-8)26-16-13(11)15(19-7-20-16)22-10-3-9-5-21-23-14(9)18-6-10/h3,5-8H,1-2,4H2,(H,24,25)(H,18,21,23)(H,19,20,22). The minimum atomic E-state index is -0.725. The van der Waals surface area contributed by atoms with E-state index in [0.29, 0.717) is 12.8 Å². The predicted molar refractivity (Wildman–Crippen MR) is 97.7 cm³/mol. The Morgan fingerprint density at radius 3 is 3.12 bits per heavy atom. The Bertz CT molecular complexity index is 1150. The van der Waals surface area contributed by atoms with E-state index in [1.54, 1.807) is 23.7 Å². The van der Waals surface area contributed by atoms with Gasteiger partial charge in [0.1, 0.15) is 17.0 Å². The average Bonchev–Trinajstić information content (AvgIpc) is 3.25. The Balaban J connectivity index is 1.57. The number of H-pyrrole nitrogens is 1. The zero-order chi connectivity index (χ0) is 17.7. The fourth-order valence-electron chi connectivity index (χ4n) is 3.46. The summed E-state index contributed by atoms with van der Waals surface area (Å²) in [5.74, 6) is -0.310. The number of fused-ring (bicyclic) bond motifs is 4. The maximum Gasteiger partial charge on any atom is 0.306 e. The van der Waals surface area contributed by atoms with E-state index in [-0.39, 0.29) is 5.92 Å². The van der Waals surface area contributed by atoms with Gasteiger partial charge < -0.3 is 10.4 Å². The van der Waals surface area contributed by atoms with Gasteiger partial charge in [-0.3, -0.25) is 9.89 Å². The van der Waals surface area contributed by atoms with E-state index in [9.17, 15) is 9.90 Å². The van der Waals surface area contributed by atoms with Crippen LogP contribution in [0.25, 0.3) is 21.3 Å². The number of aromatic nitrogens is 5. The summed E-state index contributed by atoms with van der Waals surface area (Å²) in [5, 5.41) is 21.4. The summed E-state index contributed by atoms with van der Waals surface area (Å²) in [6.45, 7) is 0. The van der Waals surface area contributed by atoms with Gasteiger partial charge in [0.15, 0.2) is 5.65 Å². The summed E-state index contributed by atoms with van der Waals surface area (Å²) in [5.41, 5.74) is 2.72. The van der Waals surface area contributed by atoms with Crippen molar-refractivity contribution in [2.24, 2.45) is 5.92 Å². The maximum atomic E-state index is 11.3. The number of anilines is 2. The van der Waals surface area contributed by atoms with Gasteiger partial charge in [0.2, 0.25) is 0 Å². The Morgan fingerprint density at radius 1 is 1.31 bits per heavy atom. The van der Waals surface area contributed by atoms with Crippen molar-refractivity contribution in [2.45, 2.75) is 19.3 Å². The number of aryl methyl sites for hydroxylation is 1. The first-order valence-corrected chi connectivity index (χ1v) is 9.05. The monoisotopic (exact) mass is 366 g/mol. The number of rotatable bonds is 3. The topological polar surface area (TPSA) is 117 Å². The van der Waals surface area contributed by atoms with Crippen molar-refractivity contribution in [3.8, 4) is 0 Å². The molecule has 0 radical (unpaired) electrons. The molecule has 0 saturated carbocycles. The molecular formula is C17H14N6O2S. The molecule has 0 amide bonds. The van der Waals surface area contributed by atoms with Crippen molar-refractivity contribution < 1.29 is 9.90 Å². The van der Waals surface area contributed by atoms with Crippen LogP contribution in [0.1, 0.15) is 16.9 Å². The highest BCUT2D eigenvalue weighted by Crippen LogP contribution is 2.40. The lowest BCUT2D eigenvalue weighted by molar-refractivity contribution is -0.142. The number of pyridine rings is 1. The molecule has 4 aromatic rings. The van der Waals surface area contributed by atoms with Crippen LogP contribution in [-0.4, -0.2) is 36.2 Å². The highest BCUT2D eigenvalue weighted by atomic mass is 32.1. The Morgan fingerprint density at radius 2 is 2.23 bits per heavy atom. The second-order valence-corrected chi connectivity index (χ2v) is 7.42. The van der Waals surface area contributed by atoms with Crippen LogP contribution in [0.2, 0.25) is 0 Å². The minimum absolute atomic E-state index is 0.312. The number of thiophene rings is 1. The number of carboxylic acid groups (broad SMARTS) is 1. The van der Waals surface area contributed by atoms with Gasteiger partial charge in [-0.15, -0.1) is 11.3 Å². The van der Waals surface area contributed by atoms with Crippen molar-refractivity contribution in [1.29, 1.82) is 0 Å². The molecule has 26 heavy (non-hydrogen) atoms. The van der Waals surface area contributed by atoms with Crippen molar-refractivity contribution in [2.75, 3.05) is 5.32 Å². The number of aliphatic carboxylic acids is 1. The van der Waals surface area contributed by atoms with Crippen LogP contribution < -0.4 is 5.32 Å². The molecule has 0 aliphatic heterocycles. The van der Waals surface area contributed by atoms with Crippen LogP contribution in [0.4, 0.5) is 11.5 Å². The van der Waals surface area contributed by atoms with Gasteiger partial charge in [0.25, 0.3) is 0 Å². The molecule has 1 aliphatic carbocycles. The Kier molecular flexibility index (Phi) is 3.35. The van der Waals surface area contributed by atoms with Gasteiger partial charge in [0, 0.05) is 10.3 Å². The molecule has 5 rings (SSSR count). The first-order valence-electron chi connectivity index (χ1n) is 8.23. The third kappa shape index (κ3) is 2.39. The van der Waals surface area contributed by atoms with E-state index in [0.717, 1.165) is 44.1 Å². The maximum absolute atomic E-state index is 11.3. The Hall–Kier alpha value is -3.07. The summed E-state index contributed by atoms with van der Waals surface area (Å²) in [6, 6.07) is 1.96. The molecule has 8 nitrogen and oxygen atoms in total. The second kappa shape index (κ2) is 5.73. The van der Waals surface area contributed by atoms with E-state index in [1.165, 1.54) is 11.9 Å². The highest BCUT2D eigenvalue weighted by molar-refractivity contribution is 7.19. The van der Waals surface area contributed by atoms with E-state index < -0.39 is 5.97 Å². The first kappa shape index (κ1) is 15.2. The van der Waals surface area contributed by atoms with Crippen molar-refractivity contribution in [3.63, 3.8) is 0 Å². The number of nitrogens with one attached hydrogen (secondary N) is 2. The number of hydrogen-bond acceptors (Lipinski definition) is 7. The highest BCUT2D eigenvalue weighted by Gasteiger charge is 2.28. The van der Waals surface area contributed by atoms with E-state index >= 15 is 0 Å². The molecule has 3 N–H and O–H groups in total. The number of aromatic amines is 1. The molecule has 0 spiro atoms. The van der Waals surface area contributed by atoms with Crippen molar-refractivity contribution >= 4 is 50.1 Å². The van der Waals surface area contributed by atoms with Crippen molar-refractivity contribution in [1.82, 2.24) is 25.1 Å². The second-order valence-electron chi connectivity index (χ2n) is 6.34. The summed E-state index contributed by atoms with van der Waals surface area (Å²) in [7, 11) is 0. The quantitative estimate of drug-likeness (QED) is 0.510. The normalized spacial score (nSPS) is 16.7. The number of carboxylic acids is 1. The van der Waals surface area contributed by atoms with Gasteiger partial charge in [-0.2, -0.15) is 5.10 Å². The van der Waals surface area contributed by atoms with E-state index in [2.05, 4.69) is 30.5 Å². The summed E-state index contributed by atoms with van der Waals surface area (Å²) >= 11 is 1.56. The molecule has 0 fully saturated rings. The van der Waals surface area contributed by atoms with Crippen LogP contribution in [0, 0.1) is 5.92 Å². The largest absolute Gasteiger partial charge is 0.481 e. The van der Waals surface area contributed by atoms with Gasteiger partial charge in [-0.1, -0.05) is 0 Å². The Labute approximate surface area is 151 Å². The molecule has 4 aromatic heterocycles. The van der Waals surface area contributed by atoms with Crippen LogP contribution >= 0.6 is 11.3 Å². The minimum Gasteiger partial charge on any atom is -0.481 e. The number of hydrogen-bond donors (Lipinski definition) is 3. The summed E-state index contributed by atoms with van der Waals surface area (Å²) in [6.07, 6.45) is 6.92. The lowest BCUT2D eigenvalue weighted by Crippen LogP contribution is -2.21. The van der Waals surface area contributed by atoms with Gasteiger partial charge in [0.05, 0.1) is 29.4 Å². The third-order valence-corrected chi connectivity index (χ3v) is 5.91. The van der Waals surface area contributed by atoms with Gasteiger partial charge in [-0.25, -0.2) is 15.0 Å². The average molecular weight is 366 g/mol. The fraction of sp³-hybridized carbons (Fsp3) is 0.235. The fourth-order valence-corrected chi connectivity index (χ4v) is 4.72. The summed E-state index contributed by atoms with van der Waals surface area (Å²) < 4.78 is 0. The molecule has 130 valence electrons. The van der Waals surface area contributed by atoms with Gasteiger partial charge >= 0.3 is 5.97 Å². The molecular weight excluding hydrogens is 352 g/mol. The molecule has 0 bridgehead atoms. The first-order chi connectivity index (χ1) is 12.7. The van der Waals surface area contributed by atoms with Gasteiger partial charge in [-0.05, 0) is 30.9 Å². The molecule has 1 aliphatic rings. The smallest absolute Gasteiger partial charge is 0.306 e. The molecule has 1 atom stereocenters. The molecule has 0 aromatic carbocycles. The SMILES string of the molecule is O=C(O)C1CCc2c(sc3ncnc(Nc4cnc5[nH]ncc5c4)c23)C1. The van der Waals surface area contributed by atoms with Crippen LogP contribution in [0.5, 0.6) is 0 Å². The molecule has 9 heteroatoms. The molecule has 0 saturated heterocycles.